The number of benzene rings is 1. The number of hydrogen-bond acceptors (Lipinski definition) is 3. The maximum Gasteiger partial charge on any atom is 0.0642 e. The second-order valence-electron chi connectivity index (χ2n) is 5.63. The molecule has 1 saturated heterocycles. The first-order valence-electron chi connectivity index (χ1n) is 7.59. The van der Waals surface area contributed by atoms with Crippen LogP contribution in [-0.4, -0.2) is 44.2 Å². The van der Waals surface area contributed by atoms with Crippen molar-refractivity contribution >= 4 is 17.3 Å². The van der Waals surface area contributed by atoms with Gasteiger partial charge in [0.2, 0.25) is 0 Å². The second kappa shape index (κ2) is 7.30. The molecule has 1 heterocycles. The normalized spacial score (nSPS) is 19.5. The molecule has 1 unspecified atom stereocenters. The van der Waals surface area contributed by atoms with Crippen LogP contribution in [0.15, 0.2) is 18.2 Å². The van der Waals surface area contributed by atoms with Crippen molar-refractivity contribution in [2.24, 2.45) is 5.73 Å². The molecule has 2 rings (SSSR count). The lowest BCUT2D eigenvalue weighted by Gasteiger charge is -2.29. The molecule has 112 valence electrons. The van der Waals surface area contributed by atoms with Gasteiger partial charge in [0.15, 0.2) is 0 Å². The summed E-state index contributed by atoms with van der Waals surface area (Å²) in [4.78, 5) is 4.85. The van der Waals surface area contributed by atoms with Gasteiger partial charge < -0.3 is 10.6 Å². The summed E-state index contributed by atoms with van der Waals surface area (Å²) in [6.07, 6.45) is 3.49. The standard InChI is InChI=1S/C16H26ClN3/c1-3-20-10-4-5-14(20)12-19(2)16-7-6-13(8-9-18)11-15(16)17/h6-7,11,14H,3-5,8-10,12,18H2,1-2H3. The average molecular weight is 296 g/mol. The molecule has 0 aromatic heterocycles. The van der Waals surface area contributed by atoms with Crippen molar-refractivity contribution in [2.75, 3.05) is 38.1 Å². The molecule has 0 saturated carbocycles. The molecular formula is C16H26ClN3. The molecule has 20 heavy (non-hydrogen) atoms. The Hall–Kier alpha value is -0.770. The number of nitrogens with zero attached hydrogens (tertiary/aromatic N) is 2. The first kappa shape index (κ1) is 15.6. The summed E-state index contributed by atoms with van der Waals surface area (Å²) in [5.74, 6) is 0. The molecule has 1 aromatic carbocycles. The highest BCUT2D eigenvalue weighted by Crippen LogP contribution is 2.28. The molecule has 0 bridgehead atoms. The maximum absolute atomic E-state index is 6.42. The van der Waals surface area contributed by atoms with Crippen molar-refractivity contribution in [3.05, 3.63) is 28.8 Å². The van der Waals surface area contributed by atoms with Crippen LogP contribution in [0.25, 0.3) is 0 Å². The lowest BCUT2D eigenvalue weighted by atomic mass is 10.1. The van der Waals surface area contributed by atoms with E-state index in [9.17, 15) is 0 Å². The van der Waals surface area contributed by atoms with Gasteiger partial charge in [0.1, 0.15) is 0 Å². The molecular weight excluding hydrogens is 270 g/mol. The van der Waals surface area contributed by atoms with Gasteiger partial charge in [0.25, 0.3) is 0 Å². The van der Waals surface area contributed by atoms with E-state index in [-0.39, 0.29) is 0 Å². The van der Waals surface area contributed by atoms with Crippen molar-refractivity contribution in [1.29, 1.82) is 0 Å². The van der Waals surface area contributed by atoms with Crippen LogP contribution in [0.5, 0.6) is 0 Å². The van der Waals surface area contributed by atoms with E-state index in [2.05, 4.69) is 35.9 Å². The van der Waals surface area contributed by atoms with Crippen LogP contribution in [0.4, 0.5) is 5.69 Å². The number of likely N-dealkylation sites (N-methyl/N-ethyl adjacent to an activating group) is 2. The van der Waals surface area contributed by atoms with Crippen LogP contribution in [0.3, 0.4) is 0 Å². The van der Waals surface area contributed by atoms with Crippen LogP contribution in [0.2, 0.25) is 5.02 Å². The zero-order valence-electron chi connectivity index (χ0n) is 12.6. The summed E-state index contributed by atoms with van der Waals surface area (Å²) in [5.41, 5.74) is 7.92. The fourth-order valence-electron chi connectivity index (χ4n) is 3.11. The van der Waals surface area contributed by atoms with Crippen molar-refractivity contribution in [3.8, 4) is 0 Å². The summed E-state index contributed by atoms with van der Waals surface area (Å²) in [7, 11) is 2.13. The van der Waals surface area contributed by atoms with Crippen LogP contribution < -0.4 is 10.6 Å². The van der Waals surface area contributed by atoms with Gasteiger partial charge in [-0.05, 0) is 56.6 Å². The lowest BCUT2D eigenvalue weighted by molar-refractivity contribution is 0.270. The Kier molecular flexibility index (Phi) is 5.70. The topological polar surface area (TPSA) is 32.5 Å². The van der Waals surface area contributed by atoms with E-state index in [1.807, 2.05) is 6.07 Å². The van der Waals surface area contributed by atoms with Crippen molar-refractivity contribution in [1.82, 2.24) is 4.90 Å². The van der Waals surface area contributed by atoms with Gasteiger partial charge in [-0.15, -0.1) is 0 Å². The first-order valence-corrected chi connectivity index (χ1v) is 7.97. The van der Waals surface area contributed by atoms with Crippen LogP contribution in [0.1, 0.15) is 25.3 Å². The van der Waals surface area contributed by atoms with E-state index in [1.165, 1.54) is 24.9 Å². The Morgan fingerprint density at radius 1 is 1.45 bits per heavy atom. The van der Waals surface area contributed by atoms with E-state index in [0.29, 0.717) is 12.6 Å². The predicted octanol–water partition coefficient (Wildman–Crippen LogP) is 2.76. The Labute approximate surface area is 127 Å². The highest BCUT2D eigenvalue weighted by molar-refractivity contribution is 6.33. The molecule has 4 heteroatoms. The van der Waals surface area contributed by atoms with Gasteiger partial charge in [-0.1, -0.05) is 24.6 Å². The molecule has 0 spiro atoms. The number of nitrogens with two attached hydrogens (primary N) is 1. The number of rotatable bonds is 6. The van der Waals surface area contributed by atoms with Crippen LogP contribution >= 0.6 is 11.6 Å². The smallest absolute Gasteiger partial charge is 0.0642 e. The molecule has 1 aliphatic rings. The van der Waals surface area contributed by atoms with Gasteiger partial charge >= 0.3 is 0 Å². The van der Waals surface area contributed by atoms with Crippen molar-refractivity contribution < 1.29 is 0 Å². The SMILES string of the molecule is CCN1CCCC1CN(C)c1ccc(CCN)cc1Cl. The molecule has 1 fully saturated rings. The highest BCUT2D eigenvalue weighted by atomic mass is 35.5. The first-order chi connectivity index (χ1) is 9.65. The number of likely N-dealkylation sites (tertiary alicyclic amines) is 1. The number of hydrogen-bond donors (Lipinski definition) is 1. The van der Waals surface area contributed by atoms with Gasteiger partial charge in [0, 0.05) is 19.6 Å². The zero-order valence-corrected chi connectivity index (χ0v) is 13.4. The summed E-state index contributed by atoms with van der Waals surface area (Å²) in [5, 5.41) is 0.833. The van der Waals surface area contributed by atoms with Gasteiger partial charge in [0.05, 0.1) is 10.7 Å². The fraction of sp³-hybridized carbons (Fsp3) is 0.625. The summed E-state index contributed by atoms with van der Waals surface area (Å²) in [6.45, 7) is 6.33. The maximum atomic E-state index is 6.42. The Bertz CT molecular complexity index is 436. The molecule has 0 radical (unpaired) electrons. The van der Waals surface area contributed by atoms with Crippen molar-refractivity contribution in [3.63, 3.8) is 0 Å². The largest absolute Gasteiger partial charge is 0.372 e. The summed E-state index contributed by atoms with van der Waals surface area (Å²) in [6, 6.07) is 6.96. The summed E-state index contributed by atoms with van der Waals surface area (Å²) >= 11 is 6.42. The fourth-order valence-corrected chi connectivity index (χ4v) is 3.46. The van der Waals surface area contributed by atoms with E-state index < -0.39 is 0 Å². The summed E-state index contributed by atoms with van der Waals surface area (Å²) < 4.78 is 0. The third-order valence-electron chi connectivity index (χ3n) is 4.25. The molecule has 2 N–H and O–H groups in total. The molecule has 1 atom stereocenters. The van der Waals surface area contributed by atoms with E-state index in [0.717, 1.165) is 30.2 Å². The Morgan fingerprint density at radius 2 is 2.25 bits per heavy atom. The highest BCUT2D eigenvalue weighted by Gasteiger charge is 2.24. The predicted molar refractivity (Wildman–Crippen MR) is 87.7 cm³/mol. The Balaban J connectivity index is 2.03. The number of halogens is 1. The molecule has 1 aliphatic heterocycles. The third kappa shape index (κ3) is 3.66. The van der Waals surface area contributed by atoms with Crippen LogP contribution in [-0.2, 0) is 6.42 Å². The van der Waals surface area contributed by atoms with Crippen molar-refractivity contribution in [2.45, 2.75) is 32.2 Å². The molecule has 0 amide bonds. The average Bonchev–Trinajstić information content (AvgIpc) is 2.86. The van der Waals surface area contributed by atoms with E-state index in [4.69, 9.17) is 17.3 Å². The minimum absolute atomic E-state index is 0.657. The lowest BCUT2D eigenvalue weighted by Crippen LogP contribution is -2.38. The van der Waals surface area contributed by atoms with E-state index >= 15 is 0 Å². The minimum Gasteiger partial charge on any atom is -0.372 e. The minimum atomic E-state index is 0.657. The molecule has 0 aliphatic carbocycles. The van der Waals surface area contributed by atoms with E-state index in [1.54, 1.807) is 0 Å². The quantitative estimate of drug-likeness (QED) is 0.876. The Morgan fingerprint density at radius 3 is 2.90 bits per heavy atom. The monoisotopic (exact) mass is 295 g/mol. The van der Waals surface area contributed by atoms with Gasteiger partial charge in [-0.2, -0.15) is 0 Å². The third-order valence-corrected chi connectivity index (χ3v) is 4.55. The number of anilines is 1. The second-order valence-corrected chi connectivity index (χ2v) is 6.04. The van der Waals surface area contributed by atoms with Gasteiger partial charge in [-0.3, -0.25) is 4.90 Å². The van der Waals surface area contributed by atoms with Crippen LogP contribution in [0, 0.1) is 0 Å². The molecule has 1 aromatic rings. The molecule has 3 nitrogen and oxygen atoms in total. The zero-order chi connectivity index (χ0) is 14.5. The van der Waals surface area contributed by atoms with Gasteiger partial charge in [-0.25, -0.2) is 0 Å².